The molecule has 2 rings (SSSR count). The molecule has 0 spiro atoms. The fourth-order valence-electron chi connectivity index (χ4n) is 3.46. The molecule has 1 aromatic rings. The Bertz CT molecular complexity index is 688. The second kappa shape index (κ2) is 11.1. The topological polar surface area (TPSA) is 67.4 Å². The van der Waals surface area contributed by atoms with Gasteiger partial charge < -0.3 is 24.8 Å². The minimum absolute atomic E-state index is 0.0739. The molecule has 2 N–H and O–H groups in total. The van der Waals surface area contributed by atoms with Crippen molar-refractivity contribution < 1.29 is 27.4 Å². The molecule has 1 fully saturated rings. The van der Waals surface area contributed by atoms with Crippen molar-refractivity contribution in [2.75, 3.05) is 54.1 Å². The number of halogens is 3. The van der Waals surface area contributed by atoms with Crippen molar-refractivity contribution in [3.05, 3.63) is 17.7 Å². The van der Waals surface area contributed by atoms with E-state index >= 15 is 0 Å². The van der Waals surface area contributed by atoms with Crippen molar-refractivity contribution in [2.24, 2.45) is 4.99 Å². The first-order valence-electron chi connectivity index (χ1n) is 9.92. The Hall–Kier alpha value is -2.36. The zero-order chi connectivity index (χ0) is 22.1. The maximum absolute atomic E-state index is 12.6. The molecule has 0 saturated carbocycles. The minimum Gasteiger partial charge on any atom is -0.496 e. The number of hydrogen-bond donors (Lipinski definition) is 2. The van der Waals surface area contributed by atoms with E-state index in [2.05, 4.69) is 15.6 Å². The highest BCUT2D eigenvalue weighted by atomic mass is 19.4. The van der Waals surface area contributed by atoms with Gasteiger partial charge >= 0.3 is 6.18 Å². The predicted molar refractivity (Wildman–Crippen MR) is 110 cm³/mol. The van der Waals surface area contributed by atoms with Crippen molar-refractivity contribution in [1.29, 1.82) is 0 Å². The van der Waals surface area contributed by atoms with Crippen LogP contribution in [-0.2, 0) is 6.42 Å². The van der Waals surface area contributed by atoms with E-state index in [1.165, 1.54) is 4.90 Å². The van der Waals surface area contributed by atoms with Gasteiger partial charge in [-0.05, 0) is 19.8 Å². The van der Waals surface area contributed by atoms with Crippen LogP contribution in [0.2, 0.25) is 0 Å². The third-order valence-corrected chi connectivity index (χ3v) is 4.81. The number of hydrogen-bond acceptors (Lipinski definition) is 5. The molecule has 0 amide bonds. The van der Waals surface area contributed by atoms with Crippen molar-refractivity contribution >= 4 is 5.96 Å². The lowest BCUT2D eigenvalue weighted by molar-refractivity contribution is -0.143. The first-order chi connectivity index (χ1) is 14.3. The van der Waals surface area contributed by atoms with Crippen LogP contribution in [-0.4, -0.2) is 77.1 Å². The number of aliphatic imine (C=N–C) groups is 1. The maximum atomic E-state index is 12.6. The summed E-state index contributed by atoms with van der Waals surface area (Å²) in [4.78, 5) is 5.99. The average molecular weight is 432 g/mol. The number of guanidine groups is 1. The number of benzene rings is 1. The van der Waals surface area contributed by atoms with Crippen LogP contribution in [0.3, 0.4) is 0 Å². The molecule has 0 aromatic heterocycles. The van der Waals surface area contributed by atoms with Crippen LogP contribution < -0.4 is 24.8 Å². The Labute approximate surface area is 175 Å². The van der Waals surface area contributed by atoms with Gasteiger partial charge in [0.25, 0.3) is 0 Å². The lowest BCUT2D eigenvalue weighted by Crippen LogP contribution is -2.45. The van der Waals surface area contributed by atoms with Crippen LogP contribution in [0.1, 0.15) is 18.9 Å². The third-order valence-electron chi connectivity index (χ3n) is 4.81. The highest BCUT2D eigenvalue weighted by molar-refractivity contribution is 5.80. The van der Waals surface area contributed by atoms with E-state index in [9.17, 15) is 13.2 Å². The van der Waals surface area contributed by atoms with E-state index < -0.39 is 12.7 Å². The summed E-state index contributed by atoms with van der Waals surface area (Å²) in [6.45, 7) is 2.92. The van der Waals surface area contributed by atoms with Gasteiger partial charge in [0.2, 0.25) is 0 Å². The number of methoxy groups -OCH3 is 3. The quantitative estimate of drug-likeness (QED) is 0.462. The van der Waals surface area contributed by atoms with Crippen LogP contribution >= 0.6 is 0 Å². The molecule has 1 aliphatic rings. The number of nitrogens with one attached hydrogen (secondary N) is 2. The summed E-state index contributed by atoms with van der Waals surface area (Å²) in [6.07, 6.45) is -2.97. The average Bonchev–Trinajstić information content (AvgIpc) is 3.12. The Kier molecular flexibility index (Phi) is 8.88. The molecule has 170 valence electrons. The molecule has 1 heterocycles. The van der Waals surface area contributed by atoms with Gasteiger partial charge in [0.1, 0.15) is 17.2 Å². The first-order valence-corrected chi connectivity index (χ1v) is 9.92. The van der Waals surface area contributed by atoms with Crippen LogP contribution in [0.5, 0.6) is 17.2 Å². The Morgan fingerprint density at radius 1 is 1.17 bits per heavy atom. The van der Waals surface area contributed by atoms with Gasteiger partial charge in [-0.1, -0.05) is 0 Å². The van der Waals surface area contributed by atoms with E-state index in [1.54, 1.807) is 33.5 Å². The SMILES string of the molecule is CCNC(=NCCc1c(OC)cc(OC)cc1OC)NC1CCN(CC(F)(F)F)C1. The van der Waals surface area contributed by atoms with E-state index in [0.717, 1.165) is 5.56 Å². The van der Waals surface area contributed by atoms with Crippen molar-refractivity contribution in [3.63, 3.8) is 0 Å². The lowest BCUT2D eigenvalue weighted by atomic mass is 10.1. The minimum atomic E-state index is -4.18. The van der Waals surface area contributed by atoms with Gasteiger partial charge in [-0.25, -0.2) is 0 Å². The number of rotatable bonds is 9. The number of alkyl halides is 3. The van der Waals surface area contributed by atoms with Crippen LogP contribution in [0.4, 0.5) is 13.2 Å². The van der Waals surface area contributed by atoms with Gasteiger partial charge in [-0.2, -0.15) is 13.2 Å². The smallest absolute Gasteiger partial charge is 0.401 e. The summed E-state index contributed by atoms with van der Waals surface area (Å²) in [7, 11) is 4.74. The molecule has 1 atom stereocenters. The largest absolute Gasteiger partial charge is 0.496 e. The molecule has 30 heavy (non-hydrogen) atoms. The van der Waals surface area contributed by atoms with Gasteiger partial charge in [-0.15, -0.1) is 0 Å². The van der Waals surface area contributed by atoms with Crippen molar-refractivity contribution in [3.8, 4) is 17.2 Å². The highest BCUT2D eigenvalue weighted by Crippen LogP contribution is 2.34. The molecular formula is C20H31F3N4O3. The van der Waals surface area contributed by atoms with Gasteiger partial charge in [0.15, 0.2) is 5.96 Å². The molecule has 7 nitrogen and oxygen atoms in total. The van der Waals surface area contributed by atoms with Crippen LogP contribution in [0, 0.1) is 0 Å². The summed E-state index contributed by atoms with van der Waals surface area (Å²) in [5.74, 6) is 2.52. The van der Waals surface area contributed by atoms with Gasteiger partial charge in [0, 0.05) is 49.9 Å². The van der Waals surface area contributed by atoms with Gasteiger partial charge in [0.05, 0.1) is 27.9 Å². The van der Waals surface area contributed by atoms with Crippen molar-refractivity contribution in [2.45, 2.75) is 32.0 Å². The lowest BCUT2D eigenvalue weighted by Gasteiger charge is -2.20. The predicted octanol–water partition coefficient (Wildman–Crippen LogP) is 2.45. The molecule has 0 bridgehead atoms. The van der Waals surface area contributed by atoms with Crippen LogP contribution in [0.15, 0.2) is 17.1 Å². The zero-order valence-electron chi connectivity index (χ0n) is 17.9. The molecule has 1 aromatic carbocycles. The Morgan fingerprint density at radius 2 is 1.83 bits per heavy atom. The Morgan fingerprint density at radius 3 is 2.37 bits per heavy atom. The van der Waals surface area contributed by atoms with Gasteiger partial charge in [-0.3, -0.25) is 9.89 Å². The van der Waals surface area contributed by atoms with E-state index in [4.69, 9.17) is 14.2 Å². The zero-order valence-corrected chi connectivity index (χ0v) is 17.9. The second-order valence-electron chi connectivity index (χ2n) is 7.00. The molecule has 1 saturated heterocycles. The maximum Gasteiger partial charge on any atom is 0.401 e. The second-order valence-corrected chi connectivity index (χ2v) is 7.00. The van der Waals surface area contributed by atoms with E-state index in [0.29, 0.717) is 62.2 Å². The van der Waals surface area contributed by atoms with E-state index in [1.807, 2.05) is 6.92 Å². The summed E-state index contributed by atoms with van der Waals surface area (Å²) in [5, 5.41) is 6.39. The summed E-state index contributed by atoms with van der Waals surface area (Å²) in [6, 6.07) is 3.51. The fraction of sp³-hybridized carbons (Fsp3) is 0.650. The fourth-order valence-corrected chi connectivity index (χ4v) is 3.46. The standard InChI is InChI=1S/C20H31F3N4O3/c1-5-24-19(26-14-7-9-27(12-14)13-20(21,22)23)25-8-6-16-17(29-3)10-15(28-2)11-18(16)30-4/h10-11,14H,5-9,12-13H2,1-4H3,(H2,24,25,26). The molecular weight excluding hydrogens is 401 g/mol. The number of nitrogens with zero attached hydrogens (tertiary/aromatic N) is 2. The summed E-state index contributed by atoms with van der Waals surface area (Å²) < 4.78 is 53.9. The van der Waals surface area contributed by atoms with Crippen LogP contribution in [0.25, 0.3) is 0 Å². The monoisotopic (exact) mass is 432 g/mol. The Balaban J connectivity index is 2.00. The molecule has 0 radical (unpaired) electrons. The summed E-state index contributed by atoms with van der Waals surface area (Å²) in [5.41, 5.74) is 0.873. The van der Waals surface area contributed by atoms with Crippen molar-refractivity contribution in [1.82, 2.24) is 15.5 Å². The number of likely N-dealkylation sites (tertiary alicyclic amines) is 1. The number of ether oxygens (including phenoxy) is 3. The summed E-state index contributed by atoms with van der Waals surface area (Å²) >= 11 is 0. The molecule has 1 unspecified atom stereocenters. The third kappa shape index (κ3) is 7.16. The normalized spacial score (nSPS) is 17.7. The first kappa shape index (κ1) is 23.9. The molecule has 1 aliphatic heterocycles. The van der Waals surface area contributed by atoms with E-state index in [-0.39, 0.29) is 6.04 Å². The highest BCUT2D eigenvalue weighted by Gasteiger charge is 2.34. The molecule has 0 aliphatic carbocycles. The molecule has 10 heteroatoms.